The summed E-state index contributed by atoms with van der Waals surface area (Å²) in [5.74, 6) is 1.28. The monoisotopic (exact) mass is 321 g/mol. The van der Waals surface area contributed by atoms with Gasteiger partial charge in [-0.1, -0.05) is 6.07 Å². The molecule has 0 aliphatic rings. The number of halogens is 1. The Bertz CT molecular complexity index is 517. The third-order valence-corrected chi connectivity index (χ3v) is 5.83. The minimum absolute atomic E-state index is 0.320. The third kappa shape index (κ3) is 4.38. The number of aryl methyl sites for hydroxylation is 1. The average molecular weight is 322 g/mol. The van der Waals surface area contributed by atoms with Crippen molar-refractivity contribution in [1.29, 1.82) is 0 Å². The summed E-state index contributed by atoms with van der Waals surface area (Å²) in [5, 5.41) is 0. The minimum Gasteiger partial charge on any atom is -0.207 e. The lowest BCUT2D eigenvalue weighted by Gasteiger charge is -2.17. The van der Waals surface area contributed by atoms with Crippen LogP contribution in [0.5, 0.6) is 0 Å². The van der Waals surface area contributed by atoms with Crippen LogP contribution in [0, 0.1) is 6.92 Å². The molecule has 0 spiro atoms. The topological polar surface area (TPSA) is 37.4 Å². The quantitative estimate of drug-likeness (QED) is 0.572. The SMILES string of the molecule is CSCCCN(C)S(=O)(=O)c1ccc(C)c(CCl)c1. The van der Waals surface area contributed by atoms with Crippen LogP contribution in [0.2, 0.25) is 0 Å². The lowest BCUT2D eigenvalue weighted by atomic mass is 10.1. The van der Waals surface area contributed by atoms with Crippen LogP contribution in [0.15, 0.2) is 23.1 Å². The van der Waals surface area contributed by atoms with Crippen molar-refractivity contribution >= 4 is 33.4 Å². The third-order valence-electron chi connectivity index (χ3n) is 2.99. The van der Waals surface area contributed by atoms with E-state index in [0.29, 0.717) is 17.3 Å². The van der Waals surface area contributed by atoms with Gasteiger partial charge in [-0.25, -0.2) is 12.7 Å². The smallest absolute Gasteiger partial charge is 0.207 e. The molecule has 0 aliphatic carbocycles. The highest BCUT2D eigenvalue weighted by atomic mass is 35.5. The van der Waals surface area contributed by atoms with Gasteiger partial charge in [0, 0.05) is 19.5 Å². The average Bonchev–Trinajstić information content (AvgIpc) is 2.39. The second kappa shape index (κ2) is 7.53. The molecule has 0 bridgehead atoms. The molecule has 0 aromatic heterocycles. The van der Waals surface area contributed by atoms with Crippen LogP contribution in [0.3, 0.4) is 0 Å². The molecule has 0 fully saturated rings. The van der Waals surface area contributed by atoms with E-state index in [9.17, 15) is 8.42 Å². The van der Waals surface area contributed by atoms with Gasteiger partial charge in [-0.2, -0.15) is 11.8 Å². The molecule has 108 valence electrons. The van der Waals surface area contributed by atoms with Crippen molar-refractivity contribution in [1.82, 2.24) is 4.31 Å². The maximum Gasteiger partial charge on any atom is 0.242 e. The number of nitrogens with zero attached hydrogens (tertiary/aromatic N) is 1. The fourth-order valence-corrected chi connectivity index (χ4v) is 3.65. The van der Waals surface area contributed by atoms with Gasteiger partial charge in [0.1, 0.15) is 0 Å². The van der Waals surface area contributed by atoms with E-state index < -0.39 is 10.0 Å². The molecule has 1 aromatic carbocycles. The molecule has 6 heteroatoms. The number of thioether (sulfide) groups is 1. The van der Waals surface area contributed by atoms with Gasteiger partial charge < -0.3 is 0 Å². The van der Waals surface area contributed by atoms with Crippen LogP contribution in [0.4, 0.5) is 0 Å². The summed E-state index contributed by atoms with van der Waals surface area (Å²) < 4.78 is 26.2. The first-order valence-electron chi connectivity index (χ1n) is 6.04. The fraction of sp³-hybridized carbons (Fsp3) is 0.538. The van der Waals surface area contributed by atoms with Crippen molar-refractivity contribution in [2.75, 3.05) is 25.6 Å². The molecular formula is C13H20ClNO2S2. The van der Waals surface area contributed by atoms with Crippen LogP contribution in [0.25, 0.3) is 0 Å². The molecular weight excluding hydrogens is 302 g/mol. The molecule has 19 heavy (non-hydrogen) atoms. The van der Waals surface area contributed by atoms with Crippen LogP contribution < -0.4 is 0 Å². The summed E-state index contributed by atoms with van der Waals surface area (Å²) in [6, 6.07) is 5.12. The van der Waals surface area contributed by atoms with E-state index in [-0.39, 0.29) is 0 Å². The number of hydrogen-bond acceptors (Lipinski definition) is 3. The van der Waals surface area contributed by atoms with Crippen LogP contribution >= 0.6 is 23.4 Å². The standard InChI is InChI=1S/C13H20ClNO2S2/c1-11-5-6-13(9-12(11)10-14)19(16,17)15(2)7-4-8-18-3/h5-6,9H,4,7-8,10H2,1-3H3. The Morgan fingerprint density at radius 1 is 1.37 bits per heavy atom. The van der Waals surface area contributed by atoms with Crippen molar-refractivity contribution < 1.29 is 8.42 Å². The zero-order chi connectivity index (χ0) is 14.5. The predicted octanol–water partition coefficient (Wildman–Crippen LogP) is 3.11. The molecule has 0 atom stereocenters. The summed E-state index contributed by atoms with van der Waals surface area (Å²) >= 11 is 7.54. The Balaban J connectivity index is 2.93. The van der Waals surface area contributed by atoms with Gasteiger partial charge in [0.25, 0.3) is 0 Å². The molecule has 0 unspecified atom stereocenters. The number of sulfonamides is 1. The highest BCUT2D eigenvalue weighted by Gasteiger charge is 2.20. The highest BCUT2D eigenvalue weighted by Crippen LogP contribution is 2.20. The Hall–Kier alpha value is -0.230. The lowest BCUT2D eigenvalue weighted by molar-refractivity contribution is 0.469. The molecule has 1 aromatic rings. The first-order chi connectivity index (χ1) is 8.93. The molecule has 1 rings (SSSR count). The molecule has 0 N–H and O–H groups in total. The van der Waals surface area contributed by atoms with E-state index in [0.717, 1.165) is 23.3 Å². The molecule has 0 saturated carbocycles. The number of rotatable bonds is 7. The van der Waals surface area contributed by atoms with Gasteiger partial charge in [0.15, 0.2) is 0 Å². The second-order valence-electron chi connectivity index (χ2n) is 4.39. The van der Waals surface area contributed by atoms with E-state index in [1.807, 2.05) is 13.2 Å². The zero-order valence-corrected chi connectivity index (χ0v) is 13.9. The van der Waals surface area contributed by atoms with E-state index in [1.54, 1.807) is 37.0 Å². The van der Waals surface area contributed by atoms with Crippen molar-refractivity contribution in [3.05, 3.63) is 29.3 Å². The van der Waals surface area contributed by atoms with Crippen molar-refractivity contribution in [3.63, 3.8) is 0 Å². The van der Waals surface area contributed by atoms with Crippen molar-refractivity contribution in [3.8, 4) is 0 Å². The van der Waals surface area contributed by atoms with E-state index >= 15 is 0 Å². The summed E-state index contributed by atoms with van der Waals surface area (Å²) in [7, 11) is -1.78. The summed E-state index contributed by atoms with van der Waals surface area (Å²) in [5.41, 5.74) is 1.87. The number of hydrogen-bond donors (Lipinski definition) is 0. The first kappa shape index (κ1) is 16.8. The number of alkyl halides is 1. The van der Waals surface area contributed by atoms with Gasteiger partial charge in [0.05, 0.1) is 4.90 Å². The van der Waals surface area contributed by atoms with Crippen LogP contribution in [-0.2, 0) is 15.9 Å². The van der Waals surface area contributed by atoms with Crippen LogP contribution in [-0.4, -0.2) is 38.3 Å². The van der Waals surface area contributed by atoms with Crippen molar-refractivity contribution in [2.24, 2.45) is 0 Å². The Labute approximate surface area is 125 Å². The Kier molecular flexibility index (Phi) is 6.66. The molecule has 0 heterocycles. The molecule has 0 saturated heterocycles. The van der Waals surface area contributed by atoms with Gasteiger partial charge in [-0.3, -0.25) is 0 Å². The maximum atomic E-state index is 12.4. The molecule has 0 radical (unpaired) electrons. The lowest BCUT2D eigenvalue weighted by Crippen LogP contribution is -2.28. The largest absolute Gasteiger partial charge is 0.242 e. The normalized spacial score (nSPS) is 12.1. The van der Waals surface area contributed by atoms with Gasteiger partial charge >= 0.3 is 0 Å². The highest BCUT2D eigenvalue weighted by molar-refractivity contribution is 7.98. The van der Waals surface area contributed by atoms with Gasteiger partial charge in [-0.05, 0) is 48.6 Å². The molecule has 0 amide bonds. The van der Waals surface area contributed by atoms with E-state index in [1.165, 1.54) is 4.31 Å². The molecule has 0 aliphatic heterocycles. The predicted molar refractivity (Wildman–Crippen MR) is 83.6 cm³/mol. The summed E-state index contributed by atoms with van der Waals surface area (Å²) in [4.78, 5) is 0.320. The number of benzene rings is 1. The van der Waals surface area contributed by atoms with Gasteiger partial charge in [-0.15, -0.1) is 11.6 Å². The second-order valence-corrected chi connectivity index (χ2v) is 7.69. The molecule has 3 nitrogen and oxygen atoms in total. The maximum absolute atomic E-state index is 12.4. The minimum atomic E-state index is -3.40. The first-order valence-corrected chi connectivity index (χ1v) is 9.41. The van der Waals surface area contributed by atoms with Crippen LogP contribution in [0.1, 0.15) is 17.5 Å². The zero-order valence-electron chi connectivity index (χ0n) is 11.5. The summed E-state index contributed by atoms with van der Waals surface area (Å²) in [6.45, 7) is 2.46. The Morgan fingerprint density at radius 2 is 2.05 bits per heavy atom. The van der Waals surface area contributed by atoms with Gasteiger partial charge in [0.2, 0.25) is 10.0 Å². The van der Waals surface area contributed by atoms with Crippen molar-refractivity contribution in [2.45, 2.75) is 24.1 Å². The Morgan fingerprint density at radius 3 is 2.63 bits per heavy atom. The van der Waals surface area contributed by atoms with E-state index in [2.05, 4.69) is 0 Å². The van der Waals surface area contributed by atoms with E-state index in [4.69, 9.17) is 11.6 Å². The summed E-state index contributed by atoms with van der Waals surface area (Å²) in [6.07, 6.45) is 2.87. The fourth-order valence-electron chi connectivity index (χ4n) is 1.68.